The van der Waals surface area contributed by atoms with Crippen molar-refractivity contribution in [3.63, 3.8) is 0 Å². The fraction of sp³-hybridized carbons (Fsp3) is 0.611. The van der Waals surface area contributed by atoms with Gasteiger partial charge in [-0.3, -0.25) is 14.9 Å². The first kappa shape index (κ1) is 18.4. The second-order valence-electron chi connectivity index (χ2n) is 7.00. The Bertz CT molecular complexity index is 665. The first-order valence-corrected chi connectivity index (χ1v) is 9.04. The second kappa shape index (κ2) is 7.90. The number of carbonyl (C=O) groups is 1. The zero-order valence-corrected chi connectivity index (χ0v) is 15.4. The Hall–Kier alpha value is -2.35. The van der Waals surface area contributed by atoms with E-state index in [0.29, 0.717) is 0 Å². The minimum absolute atomic E-state index is 0.0311. The number of likely N-dealkylation sites (N-methyl/N-ethyl adjacent to an activating group) is 1. The molecule has 0 unspecified atom stereocenters. The molecular formula is C18H26N4O4. The van der Waals surface area contributed by atoms with Crippen molar-refractivity contribution in [1.29, 1.82) is 0 Å². The number of piperidine rings is 1. The predicted molar refractivity (Wildman–Crippen MR) is 98.7 cm³/mol. The molecule has 0 aromatic heterocycles. The van der Waals surface area contributed by atoms with Crippen molar-refractivity contribution >= 4 is 17.3 Å². The van der Waals surface area contributed by atoms with Gasteiger partial charge < -0.3 is 19.4 Å². The highest BCUT2D eigenvalue weighted by Crippen LogP contribution is 2.33. The van der Waals surface area contributed by atoms with E-state index < -0.39 is 4.92 Å². The van der Waals surface area contributed by atoms with Gasteiger partial charge in [0.15, 0.2) is 5.75 Å². The van der Waals surface area contributed by atoms with Gasteiger partial charge in [-0.15, -0.1) is 0 Å². The summed E-state index contributed by atoms with van der Waals surface area (Å²) in [6.07, 6.45) is 1.62. The minimum atomic E-state index is -0.441. The third kappa shape index (κ3) is 3.90. The molecule has 0 atom stereocenters. The van der Waals surface area contributed by atoms with E-state index in [9.17, 15) is 14.9 Å². The van der Waals surface area contributed by atoms with E-state index >= 15 is 0 Å². The van der Waals surface area contributed by atoms with Crippen LogP contribution < -0.4 is 9.64 Å². The predicted octanol–water partition coefficient (Wildman–Crippen LogP) is 1.59. The van der Waals surface area contributed by atoms with Gasteiger partial charge in [0.1, 0.15) is 0 Å². The molecule has 8 heteroatoms. The maximum Gasteiger partial charge on any atom is 0.311 e. The van der Waals surface area contributed by atoms with Gasteiger partial charge in [0.25, 0.3) is 0 Å². The van der Waals surface area contributed by atoms with Gasteiger partial charge in [-0.1, -0.05) is 0 Å². The molecule has 0 N–H and O–H groups in total. The topological polar surface area (TPSA) is 79.2 Å². The quantitative estimate of drug-likeness (QED) is 0.598. The van der Waals surface area contributed by atoms with Crippen molar-refractivity contribution in [3.8, 4) is 5.75 Å². The number of carbonyl (C=O) groups excluding carboxylic acids is 1. The summed E-state index contributed by atoms with van der Waals surface area (Å²) < 4.78 is 5.15. The standard InChI is InChI=1S/C18H26N4O4/c1-19-9-11-21(12-10-19)18(23)14-5-7-20(8-6-14)15-3-4-16(22(24)25)17(13-15)26-2/h3-4,13-14H,5-12H2,1-2H3. The highest BCUT2D eigenvalue weighted by Gasteiger charge is 2.30. The molecule has 26 heavy (non-hydrogen) atoms. The number of rotatable bonds is 4. The first-order chi connectivity index (χ1) is 12.5. The Morgan fingerprint density at radius 1 is 1.15 bits per heavy atom. The number of hydrogen-bond donors (Lipinski definition) is 0. The monoisotopic (exact) mass is 362 g/mol. The number of anilines is 1. The van der Waals surface area contributed by atoms with Crippen LogP contribution in [0.5, 0.6) is 5.75 Å². The van der Waals surface area contributed by atoms with Crippen molar-refractivity contribution in [1.82, 2.24) is 9.80 Å². The third-order valence-corrected chi connectivity index (χ3v) is 5.38. The number of hydrogen-bond acceptors (Lipinski definition) is 6. The van der Waals surface area contributed by atoms with Gasteiger partial charge in [-0.2, -0.15) is 0 Å². The first-order valence-electron chi connectivity index (χ1n) is 9.04. The Labute approximate surface area is 153 Å². The van der Waals surface area contributed by atoms with E-state index in [-0.39, 0.29) is 23.3 Å². The van der Waals surface area contributed by atoms with Crippen molar-refractivity contribution < 1.29 is 14.5 Å². The third-order valence-electron chi connectivity index (χ3n) is 5.38. The Morgan fingerprint density at radius 3 is 2.38 bits per heavy atom. The number of ether oxygens (including phenoxy) is 1. The molecule has 0 saturated carbocycles. The van der Waals surface area contributed by atoms with Gasteiger partial charge >= 0.3 is 5.69 Å². The molecule has 0 spiro atoms. The molecule has 0 aliphatic carbocycles. The highest BCUT2D eigenvalue weighted by molar-refractivity contribution is 5.79. The number of methoxy groups -OCH3 is 1. The molecule has 0 radical (unpaired) electrons. The van der Waals surface area contributed by atoms with Crippen LogP contribution >= 0.6 is 0 Å². The lowest BCUT2D eigenvalue weighted by atomic mass is 9.94. The lowest BCUT2D eigenvalue weighted by Gasteiger charge is -2.38. The van der Waals surface area contributed by atoms with Gasteiger partial charge in [0, 0.05) is 63.0 Å². The molecule has 3 rings (SSSR count). The highest BCUT2D eigenvalue weighted by atomic mass is 16.6. The van der Waals surface area contributed by atoms with Crippen LogP contribution in [0.15, 0.2) is 18.2 Å². The largest absolute Gasteiger partial charge is 0.490 e. The normalized spacial score (nSPS) is 19.5. The van der Waals surface area contributed by atoms with Crippen molar-refractivity contribution in [2.45, 2.75) is 12.8 Å². The molecule has 1 aromatic carbocycles. The molecule has 0 bridgehead atoms. The summed E-state index contributed by atoms with van der Waals surface area (Å²) in [5.41, 5.74) is 0.870. The fourth-order valence-electron chi connectivity index (χ4n) is 3.68. The van der Waals surface area contributed by atoms with E-state index in [1.165, 1.54) is 13.2 Å². The maximum atomic E-state index is 12.7. The molecule has 2 fully saturated rings. The molecular weight excluding hydrogens is 336 g/mol. The van der Waals surface area contributed by atoms with Crippen molar-refractivity contribution in [2.75, 3.05) is 58.3 Å². The molecule has 1 aromatic rings. The second-order valence-corrected chi connectivity index (χ2v) is 7.00. The van der Waals surface area contributed by atoms with Crippen LogP contribution in [-0.4, -0.2) is 74.1 Å². The average molecular weight is 362 g/mol. The van der Waals surface area contributed by atoms with Crippen LogP contribution in [0.4, 0.5) is 11.4 Å². The van der Waals surface area contributed by atoms with Crippen LogP contribution in [0.2, 0.25) is 0 Å². The summed E-state index contributed by atoms with van der Waals surface area (Å²) in [5, 5.41) is 11.0. The van der Waals surface area contributed by atoms with Crippen molar-refractivity contribution in [2.24, 2.45) is 5.92 Å². The Balaban J connectivity index is 1.60. The molecule has 2 saturated heterocycles. The van der Waals surface area contributed by atoms with Crippen LogP contribution in [0.1, 0.15) is 12.8 Å². The summed E-state index contributed by atoms with van der Waals surface area (Å²) in [6.45, 7) is 5.04. The molecule has 2 heterocycles. The number of nitro groups is 1. The summed E-state index contributed by atoms with van der Waals surface area (Å²) in [5.74, 6) is 0.622. The average Bonchev–Trinajstić information content (AvgIpc) is 2.67. The number of piperazine rings is 1. The van der Waals surface area contributed by atoms with E-state index in [4.69, 9.17) is 4.74 Å². The summed E-state index contributed by atoms with van der Waals surface area (Å²) >= 11 is 0. The zero-order valence-electron chi connectivity index (χ0n) is 15.4. The maximum absolute atomic E-state index is 12.7. The van der Waals surface area contributed by atoms with E-state index in [2.05, 4.69) is 16.8 Å². The van der Waals surface area contributed by atoms with Crippen LogP contribution in [-0.2, 0) is 4.79 Å². The van der Waals surface area contributed by atoms with Gasteiger partial charge in [0.05, 0.1) is 12.0 Å². The molecule has 2 aliphatic rings. The summed E-state index contributed by atoms with van der Waals surface area (Å²) in [6, 6.07) is 4.94. The number of amides is 1. The molecule has 8 nitrogen and oxygen atoms in total. The van der Waals surface area contributed by atoms with Crippen LogP contribution in [0, 0.1) is 16.0 Å². The van der Waals surface area contributed by atoms with E-state index in [1.807, 2.05) is 4.90 Å². The van der Waals surface area contributed by atoms with Crippen molar-refractivity contribution in [3.05, 3.63) is 28.3 Å². The lowest BCUT2D eigenvalue weighted by molar-refractivity contribution is -0.385. The van der Waals surface area contributed by atoms with Gasteiger partial charge in [-0.05, 0) is 26.0 Å². The molecule has 142 valence electrons. The molecule has 2 aliphatic heterocycles. The van der Waals surface area contributed by atoms with Crippen LogP contribution in [0.3, 0.4) is 0 Å². The Morgan fingerprint density at radius 2 is 1.81 bits per heavy atom. The summed E-state index contributed by atoms with van der Waals surface area (Å²) in [7, 11) is 3.52. The van der Waals surface area contributed by atoms with Gasteiger partial charge in [0.2, 0.25) is 5.91 Å². The summed E-state index contributed by atoms with van der Waals surface area (Å²) in [4.78, 5) is 29.7. The number of nitrogens with zero attached hydrogens (tertiary/aromatic N) is 4. The smallest absolute Gasteiger partial charge is 0.311 e. The van der Waals surface area contributed by atoms with Crippen LogP contribution in [0.25, 0.3) is 0 Å². The number of benzene rings is 1. The van der Waals surface area contributed by atoms with E-state index in [1.54, 1.807) is 12.1 Å². The fourth-order valence-corrected chi connectivity index (χ4v) is 3.68. The zero-order chi connectivity index (χ0) is 18.7. The van der Waals surface area contributed by atoms with Gasteiger partial charge in [-0.25, -0.2) is 0 Å². The van der Waals surface area contributed by atoms with E-state index in [0.717, 1.165) is 57.8 Å². The lowest BCUT2D eigenvalue weighted by Crippen LogP contribution is -2.50. The Kier molecular flexibility index (Phi) is 5.61. The minimum Gasteiger partial charge on any atom is -0.490 e. The number of nitro benzene ring substituents is 1. The molecule has 1 amide bonds. The SMILES string of the molecule is COc1cc(N2CCC(C(=O)N3CCN(C)CC3)CC2)ccc1[N+](=O)[O-].